The van der Waals surface area contributed by atoms with Gasteiger partial charge in [0, 0.05) is 36.3 Å². The van der Waals surface area contributed by atoms with Crippen molar-refractivity contribution in [2.75, 3.05) is 16.8 Å². The maximum Gasteiger partial charge on any atom is 0.0485 e. The highest BCUT2D eigenvalue weighted by Gasteiger charge is 2.17. The molecular weight excluding hydrogens is 424 g/mol. The van der Waals surface area contributed by atoms with Crippen LogP contribution in [-0.2, 0) is 6.54 Å². The number of nitrogens with zero attached hydrogens (tertiary/aromatic N) is 2. The summed E-state index contributed by atoms with van der Waals surface area (Å²) >= 11 is 0. The molecule has 0 aliphatic heterocycles. The number of hydrogen-bond acceptors (Lipinski definition) is 2. The average molecular weight is 463 g/mol. The van der Waals surface area contributed by atoms with Crippen LogP contribution in [0, 0.1) is 48.5 Å². The van der Waals surface area contributed by atoms with E-state index < -0.39 is 0 Å². The summed E-state index contributed by atoms with van der Waals surface area (Å²) in [6.07, 6.45) is 0. The highest BCUT2D eigenvalue weighted by molar-refractivity contribution is 5.71. The summed E-state index contributed by atoms with van der Waals surface area (Å²) < 4.78 is 0. The van der Waals surface area contributed by atoms with E-state index >= 15 is 0 Å². The molecule has 180 valence electrons. The first-order valence-corrected chi connectivity index (χ1v) is 12.5. The molecule has 0 radical (unpaired) electrons. The molecule has 0 aliphatic carbocycles. The van der Waals surface area contributed by atoms with E-state index in [-0.39, 0.29) is 0 Å². The Morgan fingerprint density at radius 3 is 1.51 bits per heavy atom. The molecule has 4 rings (SSSR count). The van der Waals surface area contributed by atoms with Crippen LogP contribution in [0.2, 0.25) is 0 Å². The maximum atomic E-state index is 2.49. The second-order valence-corrected chi connectivity index (χ2v) is 10.1. The predicted molar refractivity (Wildman–Crippen MR) is 153 cm³/mol. The second kappa shape index (κ2) is 10.00. The Bertz CT molecular complexity index is 1310. The van der Waals surface area contributed by atoms with Gasteiger partial charge in [0.25, 0.3) is 0 Å². The van der Waals surface area contributed by atoms with Gasteiger partial charge in [0.15, 0.2) is 0 Å². The van der Waals surface area contributed by atoms with E-state index in [4.69, 9.17) is 0 Å². The molecule has 35 heavy (non-hydrogen) atoms. The molecule has 0 saturated heterocycles. The van der Waals surface area contributed by atoms with E-state index in [1.165, 1.54) is 67.3 Å². The van der Waals surface area contributed by atoms with Crippen molar-refractivity contribution in [3.63, 3.8) is 0 Å². The third-order valence-corrected chi connectivity index (χ3v) is 7.24. The van der Waals surface area contributed by atoms with Gasteiger partial charge in [0.1, 0.15) is 0 Å². The van der Waals surface area contributed by atoms with E-state index in [1.54, 1.807) is 0 Å². The SMILES string of the molecule is Cc1ccc(C)c(N(Cc2cc(N(C)c3ccc(C)c(C)c3)ccc2C)c2cc(C)ccc2C)c1. The Morgan fingerprint density at radius 1 is 0.486 bits per heavy atom. The van der Waals surface area contributed by atoms with Gasteiger partial charge in [0.2, 0.25) is 0 Å². The third-order valence-electron chi connectivity index (χ3n) is 7.24. The molecule has 0 heterocycles. The zero-order chi connectivity index (χ0) is 25.3. The summed E-state index contributed by atoms with van der Waals surface area (Å²) in [6.45, 7) is 16.2. The minimum Gasteiger partial charge on any atom is -0.345 e. The average Bonchev–Trinajstić information content (AvgIpc) is 2.83. The van der Waals surface area contributed by atoms with Gasteiger partial charge in [-0.1, -0.05) is 36.4 Å². The van der Waals surface area contributed by atoms with Gasteiger partial charge in [-0.2, -0.15) is 0 Å². The summed E-state index contributed by atoms with van der Waals surface area (Å²) in [4.78, 5) is 4.78. The van der Waals surface area contributed by atoms with Crippen molar-refractivity contribution in [2.45, 2.75) is 55.0 Å². The first-order chi connectivity index (χ1) is 16.6. The Balaban J connectivity index is 1.79. The zero-order valence-electron chi connectivity index (χ0n) is 22.5. The lowest BCUT2D eigenvalue weighted by molar-refractivity contribution is 0.948. The minimum atomic E-state index is 0.815. The lowest BCUT2D eigenvalue weighted by Crippen LogP contribution is -2.20. The Hall–Kier alpha value is -3.52. The van der Waals surface area contributed by atoms with Crippen molar-refractivity contribution < 1.29 is 0 Å². The molecule has 0 fully saturated rings. The van der Waals surface area contributed by atoms with Gasteiger partial charge in [0.05, 0.1) is 0 Å². The minimum absolute atomic E-state index is 0.815. The highest BCUT2D eigenvalue weighted by atomic mass is 15.1. The Kier molecular flexibility index (Phi) is 7.03. The number of hydrogen-bond donors (Lipinski definition) is 0. The fourth-order valence-electron chi connectivity index (χ4n) is 4.61. The zero-order valence-corrected chi connectivity index (χ0v) is 22.5. The van der Waals surface area contributed by atoms with Gasteiger partial charge >= 0.3 is 0 Å². The lowest BCUT2D eigenvalue weighted by Gasteiger charge is -2.30. The first-order valence-electron chi connectivity index (χ1n) is 12.5. The second-order valence-electron chi connectivity index (χ2n) is 10.1. The van der Waals surface area contributed by atoms with Gasteiger partial charge in [-0.15, -0.1) is 0 Å². The van der Waals surface area contributed by atoms with E-state index in [0.717, 1.165) is 6.54 Å². The van der Waals surface area contributed by atoms with Gasteiger partial charge in [-0.25, -0.2) is 0 Å². The molecule has 4 aromatic carbocycles. The molecule has 0 atom stereocenters. The smallest absolute Gasteiger partial charge is 0.0485 e. The van der Waals surface area contributed by atoms with Crippen LogP contribution in [0.15, 0.2) is 72.8 Å². The van der Waals surface area contributed by atoms with Crippen LogP contribution in [0.4, 0.5) is 22.7 Å². The normalized spacial score (nSPS) is 11.0. The molecule has 2 heteroatoms. The van der Waals surface area contributed by atoms with E-state index in [2.05, 4.69) is 138 Å². The molecule has 0 aromatic heterocycles. The standard InChI is InChI=1S/C33H38N2/c1-22-9-11-26(5)32(17-22)35(33-18-23(2)10-12-27(33)6)21-29-20-31(16-14-25(29)4)34(8)30-15-13-24(3)28(7)19-30/h9-20H,21H2,1-8H3. The summed E-state index contributed by atoms with van der Waals surface area (Å²) in [6, 6.07) is 27.0. The monoisotopic (exact) mass is 462 g/mol. The van der Waals surface area contributed by atoms with E-state index in [9.17, 15) is 0 Å². The van der Waals surface area contributed by atoms with Crippen LogP contribution in [0.1, 0.15) is 44.5 Å². The first kappa shape index (κ1) is 24.6. The molecule has 0 bridgehead atoms. The quantitative estimate of drug-likeness (QED) is 0.282. The summed E-state index contributed by atoms with van der Waals surface area (Å²) in [5.41, 5.74) is 15.4. The fraction of sp³-hybridized carbons (Fsp3) is 0.273. The molecule has 0 amide bonds. The number of benzene rings is 4. The maximum absolute atomic E-state index is 2.49. The van der Waals surface area contributed by atoms with Crippen molar-refractivity contribution in [3.05, 3.63) is 117 Å². The third kappa shape index (κ3) is 5.27. The summed E-state index contributed by atoms with van der Waals surface area (Å²) in [5, 5.41) is 0. The summed E-state index contributed by atoms with van der Waals surface area (Å²) in [7, 11) is 2.16. The Labute approximate surface area is 211 Å². The fourth-order valence-corrected chi connectivity index (χ4v) is 4.61. The molecule has 0 N–H and O–H groups in total. The molecule has 0 aliphatic rings. The Morgan fingerprint density at radius 2 is 0.971 bits per heavy atom. The highest BCUT2D eigenvalue weighted by Crippen LogP contribution is 2.35. The summed E-state index contributed by atoms with van der Waals surface area (Å²) in [5.74, 6) is 0. The number of anilines is 4. The molecule has 2 nitrogen and oxygen atoms in total. The molecular formula is C33H38N2. The van der Waals surface area contributed by atoms with Gasteiger partial charge in [-0.05, 0) is 129 Å². The predicted octanol–water partition coefficient (Wildman–Crippen LogP) is 8.95. The molecule has 0 unspecified atom stereocenters. The topological polar surface area (TPSA) is 6.48 Å². The number of rotatable bonds is 6. The lowest BCUT2D eigenvalue weighted by atomic mass is 10.0. The van der Waals surface area contributed by atoms with Crippen molar-refractivity contribution >= 4 is 22.7 Å². The van der Waals surface area contributed by atoms with Crippen molar-refractivity contribution in [1.82, 2.24) is 0 Å². The van der Waals surface area contributed by atoms with Crippen LogP contribution in [0.3, 0.4) is 0 Å². The van der Waals surface area contributed by atoms with Crippen LogP contribution in [-0.4, -0.2) is 7.05 Å². The van der Waals surface area contributed by atoms with E-state index in [1.807, 2.05) is 0 Å². The van der Waals surface area contributed by atoms with Gasteiger partial charge in [-0.3, -0.25) is 0 Å². The van der Waals surface area contributed by atoms with Crippen molar-refractivity contribution in [2.24, 2.45) is 0 Å². The molecule has 0 spiro atoms. The molecule has 4 aromatic rings. The van der Waals surface area contributed by atoms with E-state index in [0.29, 0.717) is 0 Å². The van der Waals surface area contributed by atoms with Crippen LogP contribution >= 0.6 is 0 Å². The van der Waals surface area contributed by atoms with Gasteiger partial charge < -0.3 is 9.80 Å². The van der Waals surface area contributed by atoms with Crippen LogP contribution in [0.5, 0.6) is 0 Å². The van der Waals surface area contributed by atoms with Crippen molar-refractivity contribution in [1.29, 1.82) is 0 Å². The molecule has 0 saturated carbocycles. The number of aryl methyl sites for hydroxylation is 7. The van der Waals surface area contributed by atoms with Crippen molar-refractivity contribution in [3.8, 4) is 0 Å². The van der Waals surface area contributed by atoms with Crippen LogP contribution in [0.25, 0.3) is 0 Å². The largest absolute Gasteiger partial charge is 0.345 e. The van der Waals surface area contributed by atoms with Crippen LogP contribution < -0.4 is 9.80 Å².